The van der Waals surface area contributed by atoms with E-state index < -0.39 is 5.97 Å². The SMILES string of the molecule is CCN1CCN(C(=O)N(Cc2ccc(C(=O)O)cn2)c2cccc(Cl)c2)CC1. The van der Waals surface area contributed by atoms with Gasteiger partial charge in [-0.15, -0.1) is 0 Å². The number of nitrogens with zero attached hydrogens (tertiary/aromatic N) is 4. The number of aromatic nitrogens is 1. The van der Waals surface area contributed by atoms with Crippen molar-refractivity contribution >= 4 is 29.3 Å². The number of anilines is 1. The van der Waals surface area contributed by atoms with Gasteiger partial charge in [-0.05, 0) is 36.9 Å². The van der Waals surface area contributed by atoms with Crippen LogP contribution in [-0.2, 0) is 6.54 Å². The maximum absolute atomic E-state index is 13.3. The number of carboxylic acids is 1. The molecule has 0 radical (unpaired) electrons. The van der Waals surface area contributed by atoms with E-state index in [1.165, 1.54) is 12.3 Å². The Kier molecular flexibility index (Phi) is 6.49. The lowest BCUT2D eigenvalue weighted by Crippen LogP contribution is -2.52. The van der Waals surface area contributed by atoms with Crippen molar-refractivity contribution < 1.29 is 14.7 Å². The summed E-state index contributed by atoms with van der Waals surface area (Å²) in [5.41, 5.74) is 1.39. The Morgan fingerprint density at radius 2 is 1.93 bits per heavy atom. The molecule has 1 N–H and O–H groups in total. The van der Waals surface area contributed by atoms with Gasteiger partial charge in [-0.3, -0.25) is 9.88 Å². The second kappa shape index (κ2) is 9.03. The molecule has 0 saturated carbocycles. The van der Waals surface area contributed by atoms with Crippen molar-refractivity contribution in [2.75, 3.05) is 37.6 Å². The van der Waals surface area contributed by atoms with Crippen molar-refractivity contribution in [3.8, 4) is 0 Å². The van der Waals surface area contributed by atoms with E-state index in [9.17, 15) is 9.59 Å². The second-order valence-corrected chi connectivity index (χ2v) is 7.05. The van der Waals surface area contributed by atoms with Gasteiger partial charge >= 0.3 is 12.0 Å². The number of aromatic carboxylic acids is 1. The molecular formula is C20H23ClN4O3. The van der Waals surface area contributed by atoms with E-state index >= 15 is 0 Å². The van der Waals surface area contributed by atoms with E-state index in [4.69, 9.17) is 16.7 Å². The van der Waals surface area contributed by atoms with Gasteiger partial charge in [0.2, 0.25) is 0 Å². The van der Waals surface area contributed by atoms with E-state index in [1.54, 1.807) is 29.2 Å². The molecule has 28 heavy (non-hydrogen) atoms. The van der Waals surface area contributed by atoms with Crippen molar-refractivity contribution in [3.05, 3.63) is 58.9 Å². The van der Waals surface area contributed by atoms with E-state index in [1.807, 2.05) is 11.0 Å². The number of benzene rings is 1. The molecule has 0 bridgehead atoms. The van der Waals surface area contributed by atoms with Gasteiger partial charge in [0, 0.05) is 43.1 Å². The summed E-state index contributed by atoms with van der Waals surface area (Å²) in [6, 6.07) is 10.1. The summed E-state index contributed by atoms with van der Waals surface area (Å²) in [6.45, 7) is 6.33. The van der Waals surface area contributed by atoms with Gasteiger partial charge in [-0.25, -0.2) is 9.59 Å². The fourth-order valence-electron chi connectivity index (χ4n) is 3.15. The third-order valence-electron chi connectivity index (χ3n) is 4.83. The third-order valence-corrected chi connectivity index (χ3v) is 5.07. The van der Waals surface area contributed by atoms with Crippen LogP contribution >= 0.6 is 11.6 Å². The zero-order chi connectivity index (χ0) is 20.1. The number of amides is 2. The van der Waals surface area contributed by atoms with Crippen LogP contribution < -0.4 is 4.90 Å². The predicted molar refractivity (Wildman–Crippen MR) is 108 cm³/mol. The average molecular weight is 403 g/mol. The summed E-state index contributed by atoms with van der Waals surface area (Å²) < 4.78 is 0. The number of carbonyl (C=O) groups is 2. The van der Waals surface area contributed by atoms with Crippen LogP contribution in [0.15, 0.2) is 42.6 Å². The Morgan fingerprint density at radius 1 is 1.18 bits per heavy atom. The lowest BCUT2D eigenvalue weighted by molar-refractivity contribution is 0.0696. The molecule has 3 rings (SSSR count). The number of hydrogen-bond donors (Lipinski definition) is 1. The monoisotopic (exact) mass is 402 g/mol. The van der Waals surface area contributed by atoms with Crippen molar-refractivity contribution in [2.24, 2.45) is 0 Å². The van der Waals surface area contributed by atoms with Crippen LogP contribution in [0, 0.1) is 0 Å². The first-order chi connectivity index (χ1) is 13.5. The van der Waals surface area contributed by atoms with E-state index in [0.29, 0.717) is 29.5 Å². The summed E-state index contributed by atoms with van der Waals surface area (Å²) in [5.74, 6) is -1.03. The molecule has 7 nitrogen and oxygen atoms in total. The minimum atomic E-state index is -1.03. The average Bonchev–Trinajstić information content (AvgIpc) is 2.72. The highest BCUT2D eigenvalue weighted by molar-refractivity contribution is 6.30. The highest BCUT2D eigenvalue weighted by atomic mass is 35.5. The fourth-order valence-corrected chi connectivity index (χ4v) is 3.33. The summed E-state index contributed by atoms with van der Waals surface area (Å²) in [6.07, 6.45) is 1.30. The Labute approximate surface area is 169 Å². The van der Waals surface area contributed by atoms with Gasteiger partial charge in [0.25, 0.3) is 0 Å². The van der Waals surface area contributed by atoms with Gasteiger partial charge in [0.05, 0.1) is 17.8 Å². The number of pyridine rings is 1. The maximum Gasteiger partial charge on any atom is 0.337 e. The fraction of sp³-hybridized carbons (Fsp3) is 0.350. The second-order valence-electron chi connectivity index (χ2n) is 6.61. The predicted octanol–water partition coefficient (Wildman–Crippen LogP) is 3.20. The summed E-state index contributed by atoms with van der Waals surface area (Å²) in [7, 11) is 0. The van der Waals surface area contributed by atoms with Crippen LogP contribution in [0.3, 0.4) is 0 Å². The first-order valence-corrected chi connectivity index (χ1v) is 9.58. The number of likely N-dealkylation sites (N-methyl/N-ethyl adjacent to an activating group) is 1. The van der Waals surface area contributed by atoms with E-state index in [2.05, 4.69) is 16.8 Å². The summed E-state index contributed by atoms with van der Waals surface area (Å²) in [4.78, 5) is 34.3. The van der Waals surface area contributed by atoms with Gasteiger partial charge in [-0.1, -0.05) is 24.6 Å². The van der Waals surface area contributed by atoms with Crippen molar-refractivity contribution in [1.29, 1.82) is 0 Å². The number of urea groups is 1. The normalized spacial score (nSPS) is 14.7. The van der Waals surface area contributed by atoms with Crippen molar-refractivity contribution in [3.63, 3.8) is 0 Å². The molecule has 0 unspecified atom stereocenters. The van der Waals surface area contributed by atoms with Gasteiger partial charge in [0.15, 0.2) is 0 Å². The highest BCUT2D eigenvalue weighted by Crippen LogP contribution is 2.23. The summed E-state index contributed by atoms with van der Waals surface area (Å²) >= 11 is 6.14. The zero-order valence-corrected chi connectivity index (χ0v) is 16.5. The Bertz CT molecular complexity index is 836. The van der Waals surface area contributed by atoms with Crippen LogP contribution in [0.5, 0.6) is 0 Å². The molecule has 0 spiro atoms. The number of halogens is 1. The largest absolute Gasteiger partial charge is 0.478 e. The molecule has 1 fully saturated rings. The molecule has 1 aromatic heterocycles. The van der Waals surface area contributed by atoms with E-state index in [-0.39, 0.29) is 18.1 Å². The van der Waals surface area contributed by atoms with Gasteiger partial charge in [0.1, 0.15) is 0 Å². The molecule has 1 aromatic carbocycles. The maximum atomic E-state index is 13.3. The number of rotatable bonds is 5. The van der Waals surface area contributed by atoms with Gasteiger partial charge in [-0.2, -0.15) is 0 Å². The lowest BCUT2D eigenvalue weighted by atomic mass is 10.2. The molecule has 1 aliphatic heterocycles. The molecule has 0 aliphatic carbocycles. The molecule has 1 aliphatic rings. The Hall–Kier alpha value is -2.64. The highest BCUT2D eigenvalue weighted by Gasteiger charge is 2.26. The van der Waals surface area contributed by atoms with Crippen LogP contribution in [0.1, 0.15) is 23.0 Å². The van der Waals surface area contributed by atoms with Crippen molar-refractivity contribution in [2.45, 2.75) is 13.5 Å². The Morgan fingerprint density at radius 3 is 2.50 bits per heavy atom. The number of carbonyl (C=O) groups excluding carboxylic acids is 1. The van der Waals surface area contributed by atoms with Gasteiger partial charge < -0.3 is 14.9 Å². The van der Waals surface area contributed by atoms with Crippen LogP contribution in [0.4, 0.5) is 10.5 Å². The Balaban J connectivity index is 1.83. The summed E-state index contributed by atoms with van der Waals surface area (Å²) in [5, 5.41) is 9.58. The first-order valence-electron chi connectivity index (χ1n) is 9.20. The van der Waals surface area contributed by atoms with E-state index in [0.717, 1.165) is 19.6 Å². The topological polar surface area (TPSA) is 77.0 Å². The molecule has 0 atom stereocenters. The molecule has 8 heteroatoms. The minimum Gasteiger partial charge on any atom is -0.478 e. The molecule has 2 amide bonds. The quantitative estimate of drug-likeness (QED) is 0.831. The molecule has 1 saturated heterocycles. The smallest absolute Gasteiger partial charge is 0.337 e. The molecule has 148 valence electrons. The number of hydrogen-bond acceptors (Lipinski definition) is 4. The minimum absolute atomic E-state index is 0.109. The van der Waals surface area contributed by atoms with Crippen LogP contribution in [0.2, 0.25) is 5.02 Å². The van der Waals surface area contributed by atoms with Crippen molar-refractivity contribution in [1.82, 2.24) is 14.8 Å². The molecular weight excluding hydrogens is 380 g/mol. The molecule has 2 heterocycles. The first kappa shape index (κ1) is 20.1. The molecule has 2 aromatic rings. The lowest BCUT2D eigenvalue weighted by Gasteiger charge is -2.37. The third kappa shape index (κ3) is 4.79. The van der Waals surface area contributed by atoms with Crippen LogP contribution in [0.25, 0.3) is 0 Å². The standard InChI is InChI=1S/C20H23ClN4O3/c1-2-23-8-10-24(11-9-23)20(28)25(18-5-3-4-16(21)12-18)14-17-7-6-15(13-22-17)19(26)27/h3-7,12-13H,2,8-11,14H2,1H3,(H,26,27). The number of piperazine rings is 1. The van der Waals surface area contributed by atoms with Crippen LogP contribution in [-0.4, -0.2) is 64.6 Å². The zero-order valence-electron chi connectivity index (χ0n) is 15.7. The number of carboxylic acid groups (broad SMARTS) is 1.